The highest BCUT2D eigenvalue weighted by molar-refractivity contribution is 6.10. The largest absolute Gasteiger partial charge is 0.460 e. The monoisotopic (exact) mass is 328 g/mol. The van der Waals surface area contributed by atoms with Gasteiger partial charge in [-0.25, -0.2) is 4.79 Å². The summed E-state index contributed by atoms with van der Waals surface area (Å²) in [5.41, 5.74) is 2.34. The zero-order valence-corrected chi connectivity index (χ0v) is 14.9. The summed E-state index contributed by atoms with van der Waals surface area (Å²) in [6.07, 6.45) is 6.64. The van der Waals surface area contributed by atoms with Crippen molar-refractivity contribution in [2.24, 2.45) is 11.3 Å². The van der Waals surface area contributed by atoms with Crippen LogP contribution in [-0.2, 0) is 9.53 Å². The summed E-state index contributed by atoms with van der Waals surface area (Å²) >= 11 is 0. The maximum absolute atomic E-state index is 12.9. The van der Waals surface area contributed by atoms with Crippen molar-refractivity contribution in [2.75, 3.05) is 0 Å². The number of carbonyl (C=O) groups is 2. The van der Waals surface area contributed by atoms with E-state index < -0.39 is 11.5 Å². The summed E-state index contributed by atoms with van der Waals surface area (Å²) in [5, 5.41) is 0. The average Bonchev–Trinajstić information content (AvgIpc) is 2.94. The molecular formula is C20H24O4. The smallest absolute Gasteiger partial charge is 0.334 e. The van der Waals surface area contributed by atoms with Crippen molar-refractivity contribution in [1.29, 1.82) is 0 Å². The van der Waals surface area contributed by atoms with Crippen LogP contribution in [0.2, 0.25) is 0 Å². The van der Waals surface area contributed by atoms with E-state index in [1.54, 1.807) is 19.3 Å². The normalized spacial score (nSPS) is 29.6. The molecule has 1 aromatic heterocycles. The molecule has 0 unspecified atom stereocenters. The van der Waals surface area contributed by atoms with Crippen LogP contribution in [0.15, 0.2) is 34.0 Å². The predicted octanol–water partition coefficient (Wildman–Crippen LogP) is 4.70. The number of furan rings is 1. The molecule has 2 aliphatic carbocycles. The maximum Gasteiger partial charge on any atom is 0.334 e. The second-order valence-corrected chi connectivity index (χ2v) is 7.13. The standard InChI is InChI=1S/C20H24O4/c1-6-11(2)19(22)24-18-15-12(3)10-23-17(15)16(21)14-9-7-8-13(4)20(14,18)5/h6,9-10,13,18H,7-8H2,1-5H3/t13-,18-,20+/m0/s1. The van der Waals surface area contributed by atoms with Crippen molar-refractivity contribution in [3.63, 3.8) is 0 Å². The molecule has 3 rings (SSSR count). The number of esters is 1. The molecule has 4 heteroatoms. The van der Waals surface area contributed by atoms with Gasteiger partial charge in [-0.2, -0.15) is 0 Å². The summed E-state index contributed by atoms with van der Waals surface area (Å²) in [7, 11) is 0. The maximum atomic E-state index is 12.9. The van der Waals surface area contributed by atoms with Crippen LogP contribution in [0.4, 0.5) is 0 Å². The zero-order chi connectivity index (χ0) is 17.6. The van der Waals surface area contributed by atoms with Crippen molar-refractivity contribution in [2.45, 2.75) is 53.6 Å². The molecule has 128 valence electrons. The van der Waals surface area contributed by atoms with E-state index in [2.05, 4.69) is 6.92 Å². The van der Waals surface area contributed by atoms with Gasteiger partial charge in [0, 0.05) is 22.1 Å². The Bertz CT molecular complexity index is 765. The number of ether oxygens (including phenoxy) is 1. The van der Waals surface area contributed by atoms with Gasteiger partial charge in [0.25, 0.3) is 0 Å². The van der Waals surface area contributed by atoms with Gasteiger partial charge < -0.3 is 9.15 Å². The molecule has 1 aromatic rings. The third-order valence-corrected chi connectivity index (χ3v) is 5.81. The number of rotatable bonds is 2. The highest BCUT2D eigenvalue weighted by Gasteiger charge is 2.55. The molecule has 2 aliphatic rings. The first-order chi connectivity index (χ1) is 11.3. The predicted molar refractivity (Wildman–Crippen MR) is 90.6 cm³/mol. The van der Waals surface area contributed by atoms with E-state index in [9.17, 15) is 9.59 Å². The molecule has 0 spiro atoms. The van der Waals surface area contributed by atoms with Crippen molar-refractivity contribution in [3.05, 3.63) is 46.4 Å². The van der Waals surface area contributed by atoms with Gasteiger partial charge in [-0.05, 0) is 45.1 Å². The van der Waals surface area contributed by atoms with Gasteiger partial charge in [0.15, 0.2) is 5.76 Å². The molecular weight excluding hydrogens is 304 g/mol. The third kappa shape index (κ3) is 2.20. The van der Waals surface area contributed by atoms with Crippen LogP contribution in [0.25, 0.3) is 0 Å². The molecule has 0 saturated carbocycles. The summed E-state index contributed by atoms with van der Waals surface area (Å²) in [6.45, 7) is 9.61. The van der Waals surface area contributed by atoms with E-state index in [1.165, 1.54) is 0 Å². The van der Waals surface area contributed by atoms with Gasteiger partial charge in [-0.3, -0.25) is 4.79 Å². The van der Waals surface area contributed by atoms with Crippen molar-refractivity contribution in [3.8, 4) is 0 Å². The topological polar surface area (TPSA) is 56.5 Å². The molecule has 0 fully saturated rings. The first-order valence-corrected chi connectivity index (χ1v) is 8.49. The Hall–Kier alpha value is -2.10. The molecule has 0 bridgehead atoms. The minimum atomic E-state index is -0.527. The quantitative estimate of drug-likeness (QED) is 0.583. The first-order valence-electron chi connectivity index (χ1n) is 8.49. The van der Waals surface area contributed by atoms with Gasteiger partial charge in [0.1, 0.15) is 6.10 Å². The summed E-state index contributed by atoms with van der Waals surface area (Å²) < 4.78 is 11.5. The SMILES string of the molecule is CC=C(C)C(=O)O[C@H]1c2c(C)coc2C(=O)C2=CCC[C@H](C)[C@]21C. The lowest BCUT2D eigenvalue weighted by atomic mass is 9.58. The summed E-state index contributed by atoms with van der Waals surface area (Å²) in [5.74, 6) is 0.137. The Morgan fingerprint density at radius 2 is 2.17 bits per heavy atom. The fourth-order valence-corrected chi connectivity index (χ4v) is 3.88. The number of carbonyl (C=O) groups excluding carboxylic acids is 2. The molecule has 24 heavy (non-hydrogen) atoms. The first kappa shape index (κ1) is 16.7. The Balaban J connectivity index is 2.18. The number of ketones is 1. The summed E-state index contributed by atoms with van der Waals surface area (Å²) in [6, 6.07) is 0. The van der Waals surface area contributed by atoms with E-state index in [0.29, 0.717) is 11.3 Å². The van der Waals surface area contributed by atoms with Gasteiger partial charge in [-0.1, -0.05) is 26.0 Å². The molecule has 3 atom stereocenters. The van der Waals surface area contributed by atoms with E-state index in [4.69, 9.17) is 9.15 Å². The number of fused-ring (bicyclic) bond motifs is 2. The van der Waals surface area contributed by atoms with Crippen LogP contribution >= 0.6 is 0 Å². The molecule has 0 radical (unpaired) electrons. The third-order valence-electron chi connectivity index (χ3n) is 5.81. The van der Waals surface area contributed by atoms with Crippen molar-refractivity contribution < 1.29 is 18.7 Å². The van der Waals surface area contributed by atoms with Crippen LogP contribution in [0.3, 0.4) is 0 Å². The minimum Gasteiger partial charge on any atom is -0.460 e. The number of hydrogen-bond donors (Lipinski definition) is 0. The van der Waals surface area contributed by atoms with Crippen LogP contribution in [-0.4, -0.2) is 11.8 Å². The Morgan fingerprint density at radius 1 is 1.46 bits per heavy atom. The number of aryl methyl sites for hydroxylation is 1. The fraction of sp³-hybridized carbons (Fsp3) is 0.500. The van der Waals surface area contributed by atoms with E-state index in [-0.39, 0.29) is 17.7 Å². The van der Waals surface area contributed by atoms with Crippen LogP contribution in [0.5, 0.6) is 0 Å². The van der Waals surface area contributed by atoms with E-state index in [1.807, 2.05) is 26.8 Å². The molecule has 0 aliphatic heterocycles. The van der Waals surface area contributed by atoms with Crippen LogP contribution < -0.4 is 0 Å². The highest BCUT2D eigenvalue weighted by Crippen LogP contribution is 2.57. The van der Waals surface area contributed by atoms with Crippen molar-refractivity contribution >= 4 is 11.8 Å². The zero-order valence-electron chi connectivity index (χ0n) is 14.9. The second-order valence-electron chi connectivity index (χ2n) is 7.13. The lowest BCUT2D eigenvalue weighted by Crippen LogP contribution is -2.45. The Morgan fingerprint density at radius 3 is 2.83 bits per heavy atom. The lowest BCUT2D eigenvalue weighted by Gasteiger charge is -2.47. The number of hydrogen-bond acceptors (Lipinski definition) is 4. The Labute approximate surface area is 142 Å². The van der Waals surface area contributed by atoms with Gasteiger partial charge in [-0.15, -0.1) is 0 Å². The second kappa shape index (κ2) is 5.76. The summed E-state index contributed by atoms with van der Waals surface area (Å²) in [4.78, 5) is 25.4. The fourth-order valence-electron chi connectivity index (χ4n) is 3.88. The van der Waals surface area contributed by atoms with Crippen molar-refractivity contribution in [1.82, 2.24) is 0 Å². The number of Topliss-reactive ketones (excluding diaryl/α,β-unsaturated/α-hetero) is 1. The van der Waals surface area contributed by atoms with E-state index in [0.717, 1.165) is 29.5 Å². The average molecular weight is 328 g/mol. The highest BCUT2D eigenvalue weighted by atomic mass is 16.5. The van der Waals surface area contributed by atoms with Gasteiger partial charge in [0.05, 0.1) is 6.26 Å². The molecule has 0 aromatic carbocycles. The van der Waals surface area contributed by atoms with E-state index >= 15 is 0 Å². The minimum absolute atomic E-state index is 0.0674. The molecule has 1 heterocycles. The molecule has 0 saturated heterocycles. The van der Waals surface area contributed by atoms with Crippen LogP contribution in [0, 0.1) is 18.3 Å². The molecule has 0 amide bonds. The van der Waals surface area contributed by atoms with Gasteiger partial charge >= 0.3 is 5.97 Å². The van der Waals surface area contributed by atoms with Crippen LogP contribution in [0.1, 0.15) is 68.3 Å². The van der Waals surface area contributed by atoms with Gasteiger partial charge in [0.2, 0.25) is 5.78 Å². The number of allylic oxidation sites excluding steroid dienone is 2. The Kier molecular flexibility index (Phi) is 4.02. The molecule has 0 N–H and O–H groups in total. The molecule has 4 nitrogen and oxygen atoms in total. The lowest BCUT2D eigenvalue weighted by molar-refractivity contribution is -0.153.